The number of guanidine groups is 1. The summed E-state index contributed by atoms with van der Waals surface area (Å²) >= 11 is 1.50. The number of carbonyl (C=O) groups excluding carboxylic acids is 3. The van der Waals surface area contributed by atoms with Crippen molar-refractivity contribution in [1.82, 2.24) is 20.9 Å². The lowest BCUT2D eigenvalue weighted by Gasteiger charge is -2.21. The van der Waals surface area contributed by atoms with Crippen LogP contribution in [0.3, 0.4) is 0 Å². The SMILES string of the molecule is CSCCC(NC(=O)C(N)Cc1c[nH]c2ccccc12)C(=O)NCC(=O)NC(CCCN=C(N)N)C(=O)O. The first-order valence-corrected chi connectivity index (χ1v) is 13.5. The minimum atomic E-state index is -1.22. The number of rotatable bonds is 16. The lowest BCUT2D eigenvalue weighted by atomic mass is 10.0. The van der Waals surface area contributed by atoms with Gasteiger partial charge >= 0.3 is 5.97 Å². The minimum Gasteiger partial charge on any atom is -0.480 e. The maximum Gasteiger partial charge on any atom is 0.326 e. The average Bonchev–Trinajstić information content (AvgIpc) is 3.29. The summed E-state index contributed by atoms with van der Waals surface area (Å²) in [6.45, 7) is -0.235. The van der Waals surface area contributed by atoms with Gasteiger partial charge in [-0.3, -0.25) is 19.4 Å². The third-order valence-corrected chi connectivity index (χ3v) is 6.34. The zero-order valence-corrected chi connectivity index (χ0v) is 22.1. The predicted molar refractivity (Wildman–Crippen MR) is 147 cm³/mol. The van der Waals surface area contributed by atoms with Crippen LogP contribution in [-0.4, -0.2) is 83.0 Å². The molecule has 208 valence electrons. The highest BCUT2D eigenvalue weighted by Crippen LogP contribution is 2.18. The van der Waals surface area contributed by atoms with Gasteiger partial charge in [-0.05, 0) is 49.3 Å². The molecule has 2 rings (SSSR count). The molecule has 0 radical (unpaired) electrons. The van der Waals surface area contributed by atoms with E-state index in [2.05, 4.69) is 25.9 Å². The van der Waals surface area contributed by atoms with Gasteiger partial charge in [0.1, 0.15) is 12.1 Å². The standard InChI is InChI=1S/C24H36N8O5S/c1-38-10-8-18(32-21(34)16(25)11-14-12-29-17-6-3-2-5-15(14)17)22(35)30-13-20(33)31-19(23(36)37)7-4-9-28-24(26)27/h2-3,5-6,12,16,18-19,29H,4,7-11,13,25H2,1H3,(H,30,35)(H,31,33)(H,32,34)(H,36,37)(H4,26,27,28). The number of hydrogen-bond acceptors (Lipinski definition) is 7. The molecule has 0 aliphatic heterocycles. The highest BCUT2D eigenvalue weighted by Gasteiger charge is 2.25. The van der Waals surface area contributed by atoms with Crippen LogP contribution in [0.25, 0.3) is 10.9 Å². The number of nitrogens with two attached hydrogens (primary N) is 3. The van der Waals surface area contributed by atoms with Crippen molar-refractivity contribution in [2.24, 2.45) is 22.2 Å². The van der Waals surface area contributed by atoms with Gasteiger partial charge in [-0.1, -0.05) is 18.2 Å². The molecule has 0 saturated carbocycles. The Morgan fingerprint density at radius 1 is 1.08 bits per heavy atom. The molecule has 0 spiro atoms. The number of carboxylic acids is 1. The number of amides is 3. The summed E-state index contributed by atoms with van der Waals surface area (Å²) in [5, 5.41) is 17.8. The minimum absolute atomic E-state index is 0.104. The Morgan fingerprint density at radius 3 is 2.50 bits per heavy atom. The summed E-state index contributed by atoms with van der Waals surface area (Å²) in [4.78, 5) is 56.2. The molecule has 1 aromatic heterocycles. The van der Waals surface area contributed by atoms with Gasteiger partial charge in [-0.15, -0.1) is 0 Å². The van der Waals surface area contributed by atoms with E-state index >= 15 is 0 Å². The molecule has 3 amide bonds. The molecular formula is C24H36N8O5S. The number of aromatic amines is 1. The molecule has 0 fully saturated rings. The number of para-hydroxylation sites is 1. The van der Waals surface area contributed by atoms with E-state index in [4.69, 9.17) is 17.2 Å². The first-order valence-electron chi connectivity index (χ1n) is 12.1. The lowest BCUT2D eigenvalue weighted by molar-refractivity contribution is -0.142. The molecule has 1 heterocycles. The zero-order chi connectivity index (χ0) is 28.1. The Balaban J connectivity index is 1.90. The van der Waals surface area contributed by atoms with Gasteiger partial charge in [0, 0.05) is 23.6 Å². The Kier molecular flexibility index (Phi) is 12.4. The smallest absolute Gasteiger partial charge is 0.326 e. The molecule has 2 aromatic rings. The fourth-order valence-electron chi connectivity index (χ4n) is 3.71. The fraction of sp³-hybridized carbons (Fsp3) is 0.458. The summed E-state index contributed by atoms with van der Waals surface area (Å²) in [7, 11) is 0. The van der Waals surface area contributed by atoms with Crippen LogP contribution in [0.15, 0.2) is 35.5 Å². The number of nitrogens with one attached hydrogen (secondary N) is 4. The number of carbonyl (C=O) groups is 4. The number of aliphatic imine (C=N–C) groups is 1. The number of aliphatic carboxylic acids is 1. The Labute approximate surface area is 224 Å². The number of hydrogen-bond donors (Lipinski definition) is 8. The molecule has 3 unspecified atom stereocenters. The van der Waals surface area contributed by atoms with E-state index in [9.17, 15) is 24.3 Å². The number of fused-ring (bicyclic) bond motifs is 1. The Morgan fingerprint density at radius 2 is 1.82 bits per heavy atom. The van der Waals surface area contributed by atoms with E-state index in [1.165, 1.54) is 11.8 Å². The fourth-order valence-corrected chi connectivity index (χ4v) is 4.18. The summed E-state index contributed by atoms with van der Waals surface area (Å²) in [5.41, 5.74) is 18.4. The van der Waals surface area contributed by atoms with E-state index < -0.39 is 48.4 Å². The Bertz CT molecular complexity index is 1130. The first-order chi connectivity index (χ1) is 18.1. The molecule has 13 nitrogen and oxygen atoms in total. The molecular weight excluding hydrogens is 512 g/mol. The first kappa shape index (κ1) is 30.4. The summed E-state index contributed by atoms with van der Waals surface area (Å²) in [6, 6.07) is 4.70. The van der Waals surface area contributed by atoms with Gasteiger partial charge in [-0.2, -0.15) is 11.8 Å². The van der Waals surface area contributed by atoms with Crippen LogP contribution < -0.4 is 33.2 Å². The van der Waals surface area contributed by atoms with Gasteiger partial charge in [0.25, 0.3) is 0 Å². The lowest BCUT2D eigenvalue weighted by Crippen LogP contribution is -2.54. The van der Waals surface area contributed by atoms with E-state index in [1.54, 1.807) is 6.20 Å². The molecule has 0 bridgehead atoms. The van der Waals surface area contributed by atoms with Gasteiger partial charge in [0.2, 0.25) is 17.7 Å². The van der Waals surface area contributed by atoms with Crippen molar-refractivity contribution >= 4 is 52.3 Å². The molecule has 0 aliphatic carbocycles. The maximum absolute atomic E-state index is 12.8. The van der Waals surface area contributed by atoms with Crippen LogP contribution in [-0.2, 0) is 25.6 Å². The largest absolute Gasteiger partial charge is 0.480 e. The van der Waals surface area contributed by atoms with Crippen LogP contribution in [0, 0.1) is 0 Å². The quantitative estimate of drug-likeness (QED) is 0.0730. The third kappa shape index (κ3) is 9.94. The molecule has 0 aliphatic rings. The van der Waals surface area contributed by atoms with Crippen molar-refractivity contribution in [2.75, 3.05) is 25.1 Å². The van der Waals surface area contributed by atoms with Gasteiger partial charge in [-0.25, -0.2) is 4.79 Å². The highest BCUT2D eigenvalue weighted by atomic mass is 32.2. The second-order valence-corrected chi connectivity index (χ2v) is 9.62. The van der Waals surface area contributed by atoms with E-state index in [0.717, 1.165) is 16.5 Å². The summed E-state index contributed by atoms with van der Waals surface area (Å²) in [5.74, 6) is -2.49. The van der Waals surface area contributed by atoms with Crippen LogP contribution >= 0.6 is 11.8 Å². The van der Waals surface area contributed by atoms with Crippen molar-refractivity contribution < 1.29 is 24.3 Å². The summed E-state index contributed by atoms with van der Waals surface area (Å²) < 4.78 is 0. The predicted octanol–water partition coefficient (Wildman–Crippen LogP) is -0.985. The molecule has 38 heavy (non-hydrogen) atoms. The van der Waals surface area contributed by atoms with Crippen LogP contribution in [0.2, 0.25) is 0 Å². The van der Waals surface area contributed by atoms with E-state index in [-0.39, 0.29) is 25.3 Å². The molecule has 11 N–H and O–H groups in total. The van der Waals surface area contributed by atoms with Gasteiger partial charge in [0.15, 0.2) is 5.96 Å². The number of H-pyrrole nitrogens is 1. The second kappa shape index (κ2) is 15.5. The second-order valence-electron chi connectivity index (χ2n) is 8.64. The molecule has 14 heteroatoms. The van der Waals surface area contributed by atoms with Gasteiger partial charge in [0.05, 0.1) is 12.6 Å². The van der Waals surface area contributed by atoms with Crippen molar-refractivity contribution in [1.29, 1.82) is 0 Å². The molecule has 1 aromatic carbocycles. The average molecular weight is 549 g/mol. The summed E-state index contributed by atoms with van der Waals surface area (Å²) in [6.07, 6.45) is 4.71. The van der Waals surface area contributed by atoms with E-state index in [1.807, 2.05) is 30.5 Å². The van der Waals surface area contributed by atoms with Crippen LogP contribution in [0.1, 0.15) is 24.8 Å². The van der Waals surface area contributed by atoms with Gasteiger partial charge < -0.3 is 43.2 Å². The monoisotopic (exact) mass is 548 g/mol. The highest BCUT2D eigenvalue weighted by molar-refractivity contribution is 7.98. The number of thioether (sulfide) groups is 1. The number of carboxylic acid groups (broad SMARTS) is 1. The van der Waals surface area contributed by atoms with Crippen LogP contribution in [0.5, 0.6) is 0 Å². The topological polar surface area (TPSA) is 231 Å². The zero-order valence-electron chi connectivity index (χ0n) is 21.2. The van der Waals surface area contributed by atoms with Crippen molar-refractivity contribution in [3.05, 3.63) is 36.0 Å². The van der Waals surface area contributed by atoms with Crippen LogP contribution in [0.4, 0.5) is 0 Å². The number of benzene rings is 1. The van der Waals surface area contributed by atoms with Crippen molar-refractivity contribution in [2.45, 2.75) is 43.8 Å². The number of aromatic nitrogens is 1. The Hall–Kier alpha value is -3.78. The third-order valence-electron chi connectivity index (χ3n) is 5.70. The number of nitrogens with zero attached hydrogens (tertiary/aromatic N) is 1. The molecule has 0 saturated heterocycles. The van der Waals surface area contributed by atoms with Crippen molar-refractivity contribution in [3.8, 4) is 0 Å². The van der Waals surface area contributed by atoms with Crippen molar-refractivity contribution in [3.63, 3.8) is 0 Å². The van der Waals surface area contributed by atoms with E-state index in [0.29, 0.717) is 18.6 Å². The normalized spacial score (nSPS) is 13.2. The molecule has 3 atom stereocenters. The maximum atomic E-state index is 12.8.